The van der Waals surface area contributed by atoms with Gasteiger partial charge in [0, 0.05) is 32.7 Å². The number of fused-ring (bicyclic) bond motifs is 2. The molecule has 3 atom stereocenters. The van der Waals surface area contributed by atoms with Crippen LogP contribution in [-0.2, 0) is 10.0 Å². The van der Waals surface area contributed by atoms with Crippen LogP contribution in [0.15, 0.2) is 41.3 Å². The fraction of sp³-hybridized carbons (Fsp3) is 0.579. The van der Waals surface area contributed by atoms with Gasteiger partial charge in [0.2, 0.25) is 10.0 Å². The second kappa shape index (κ2) is 6.28. The maximum atomic E-state index is 12.8. The Morgan fingerprint density at radius 2 is 1.71 bits per heavy atom. The third kappa shape index (κ3) is 3.05. The van der Waals surface area contributed by atoms with Crippen molar-refractivity contribution < 1.29 is 8.42 Å². The predicted molar refractivity (Wildman–Crippen MR) is 95.2 cm³/mol. The lowest BCUT2D eigenvalue weighted by atomic mass is 9.93. The number of hydrogen-bond acceptors (Lipinski definition) is 3. The van der Waals surface area contributed by atoms with E-state index in [-0.39, 0.29) is 0 Å². The first-order valence-electron chi connectivity index (χ1n) is 9.00. The van der Waals surface area contributed by atoms with Crippen LogP contribution < -0.4 is 0 Å². The Balaban J connectivity index is 1.35. The second-order valence-corrected chi connectivity index (χ2v) is 9.50. The molecular weight excluding hydrogens is 320 g/mol. The van der Waals surface area contributed by atoms with Crippen LogP contribution in [0, 0.1) is 24.7 Å². The number of hydrogen-bond donors (Lipinski definition) is 0. The van der Waals surface area contributed by atoms with Gasteiger partial charge < -0.3 is 4.90 Å². The van der Waals surface area contributed by atoms with E-state index in [1.54, 1.807) is 16.4 Å². The molecule has 1 aromatic carbocycles. The molecule has 1 saturated carbocycles. The van der Waals surface area contributed by atoms with Crippen molar-refractivity contribution in [1.82, 2.24) is 9.21 Å². The average Bonchev–Trinajstić information content (AvgIpc) is 3.19. The molecule has 1 aliphatic heterocycles. The summed E-state index contributed by atoms with van der Waals surface area (Å²) in [6.45, 7) is 6.01. The van der Waals surface area contributed by atoms with Gasteiger partial charge >= 0.3 is 0 Å². The first-order valence-corrected chi connectivity index (χ1v) is 10.4. The van der Waals surface area contributed by atoms with E-state index in [4.69, 9.17) is 0 Å². The van der Waals surface area contributed by atoms with Crippen molar-refractivity contribution in [3.05, 3.63) is 42.0 Å². The molecule has 4 nitrogen and oxygen atoms in total. The van der Waals surface area contributed by atoms with Gasteiger partial charge in [-0.25, -0.2) is 8.42 Å². The van der Waals surface area contributed by atoms with Crippen LogP contribution in [0.5, 0.6) is 0 Å². The topological polar surface area (TPSA) is 40.6 Å². The number of piperazine rings is 1. The van der Waals surface area contributed by atoms with Gasteiger partial charge in [-0.1, -0.05) is 29.8 Å². The summed E-state index contributed by atoms with van der Waals surface area (Å²) in [7, 11) is -3.34. The molecule has 1 saturated heterocycles. The molecule has 0 unspecified atom stereocenters. The molecule has 1 aromatic rings. The van der Waals surface area contributed by atoms with Crippen LogP contribution >= 0.6 is 0 Å². The van der Waals surface area contributed by atoms with E-state index < -0.39 is 10.0 Å². The Morgan fingerprint density at radius 3 is 2.29 bits per heavy atom. The minimum absolute atomic E-state index is 0.416. The fourth-order valence-electron chi connectivity index (χ4n) is 4.45. The second-order valence-electron chi connectivity index (χ2n) is 7.56. The van der Waals surface area contributed by atoms with Crippen LogP contribution in [0.25, 0.3) is 0 Å². The van der Waals surface area contributed by atoms with Crippen molar-refractivity contribution in [3.63, 3.8) is 0 Å². The van der Waals surface area contributed by atoms with E-state index in [0.717, 1.165) is 43.0 Å². The summed E-state index contributed by atoms with van der Waals surface area (Å²) < 4.78 is 27.2. The Labute approximate surface area is 145 Å². The maximum absolute atomic E-state index is 12.8. The Hall–Kier alpha value is -1.17. The number of allylic oxidation sites excluding steroid dienone is 2. The number of sulfonamides is 1. The van der Waals surface area contributed by atoms with Gasteiger partial charge in [0.05, 0.1) is 4.90 Å². The molecule has 0 N–H and O–H groups in total. The summed E-state index contributed by atoms with van der Waals surface area (Å²) in [6, 6.07) is 7.18. The lowest BCUT2D eigenvalue weighted by Crippen LogP contribution is -2.49. The highest BCUT2D eigenvalue weighted by Gasteiger charge is 2.37. The summed E-state index contributed by atoms with van der Waals surface area (Å²) in [5.74, 6) is 2.35. The lowest BCUT2D eigenvalue weighted by Gasteiger charge is -2.36. The number of benzene rings is 1. The molecule has 0 amide bonds. The van der Waals surface area contributed by atoms with E-state index in [2.05, 4.69) is 17.1 Å². The molecular formula is C19H26N2O2S. The number of rotatable bonds is 4. The quantitative estimate of drug-likeness (QED) is 0.787. The maximum Gasteiger partial charge on any atom is 0.243 e. The molecule has 1 heterocycles. The molecule has 0 radical (unpaired) electrons. The summed E-state index contributed by atoms with van der Waals surface area (Å²) in [4.78, 5) is 2.88. The van der Waals surface area contributed by atoms with Crippen molar-refractivity contribution in [2.45, 2.75) is 24.7 Å². The van der Waals surface area contributed by atoms with Gasteiger partial charge in [0.1, 0.15) is 0 Å². The van der Waals surface area contributed by atoms with E-state index in [9.17, 15) is 8.42 Å². The van der Waals surface area contributed by atoms with Gasteiger partial charge in [0.25, 0.3) is 0 Å². The van der Waals surface area contributed by atoms with Crippen LogP contribution in [0.2, 0.25) is 0 Å². The van der Waals surface area contributed by atoms with Crippen molar-refractivity contribution in [1.29, 1.82) is 0 Å². The molecule has 0 spiro atoms. The van der Waals surface area contributed by atoms with Crippen molar-refractivity contribution in [3.8, 4) is 0 Å². The Bertz CT molecular complexity index is 718. The van der Waals surface area contributed by atoms with Gasteiger partial charge in [-0.3, -0.25) is 0 Å². The monoisotopic (exact) mass is 346 g/mol. The Kier molecular flexibility index (Phi) is 4.27. The third-order valence-corrected chi connectivity index (χ3v) is 7.81. The highest BCUT2D eigenvalue weighted by Crippen LogP contribution is 2.43. The van der Waals surface area contributed by atoms with Crippen molar-refractivity contribution >= 4 is 10.0 Å². The first kappa shape index (κ1) is 16.3. The molecule has 3 aliphatic rings. The standard InChI is InChI=1S/C19H26N2O2S/c1-15-2-6-19(7-3-15)24(22,23)21-10-8-20(9-11-21)14-18-13-16-4-5-17(18)12-16/h2-7,16-18H,8-14H2,1H3/t16-,17+,18-/m1/s1. The smallest absolute Gasteiger partial charge is 0.243 e. The summed E-state index contributed by atoms with van der Waals surface area (Å²) in [6.07, 6.45) is 7.44. The largest absolute Gasteiger partial charge is 0.300 e. The molecule has 2 fully saturated rings. The molecule has 130 valence electrons. The number of nitrogens with zero attached hydrogens (tertiary/aromatic N) is 2. The van der Waals surface area contributed by atoms with E-state index in [1.807, 2.05) is 19.1 Å². The van der Waals surface area contributed by atoms with Gasteiger partial charge in [-0.2, -0.15) is 4.31 Å². The van der Waals surface area contributed by atoms with Crippen molar-refractivity contribution in [2.75, 3.05) is 32.7 Å². The normalized spacial score (nSPS) is 31.0. The molecule has 2 bridgehead atoms. The lowest BCUT2D eigenvalue weighted by molar-refractivity contribution is 0.156. The van der Waals surface area contributed by atoms with Gasteiger partial charge in [-0.05, 0) is 49.7 Å². The average molecular weight is 346 g/mol. The summed E-state index contributed by atoms with van der Waals surface area (Å²) >= 11 is 0. The molecule has 5 heteroatoms. The van der Waals surface area contributed by atoms with Gasteiger partial charge in [0.15, 0.2) is 0 Å². The zero-order chi connectivity index (χ0) is 16.7. The highest BCUT2D eigenvalue weighted by molar-refractivity contribution is 7.89. The number of aryl methyl sites for hydroxylation is 1. The van der Waals surface area contributed by atoms with E-state index in [1.165, 1.54) is 12.8 Å². The Morgan fingerprint density at radius 1 is 1.00 bits per heavy atom. The minimum atomic E-state index is -3.34. The van der Waals surface area contributed by atoms with Crippen LogP contribution in [0.4, 0.5) is 0 Å². The van der Waals surface area contributed by atoms with Crippen LogP contribution in [-0.4, -0.2) is 50.3 Å². The molecule has 24 heavy (non-hydrogen) atoms. The van der Waals surface area contributed by atoms with Crippen molar-refractivity contribution in [2.24, 2.45) is 17.8 Å². The molecule has 0 aromatic heterocycles. The van der Waals surface area contributed by atoms with E-state index >= 15 is 0 Å². The zero-order valence-electron chi connectivity index (χ0n) is 14.3. The highest BCUT2D eigenvalue weighted by atomic mass is 32.2. The molecule has 2 aliphatic carbocycles. The van der Waals surface area contributed by atoms with Crippen LogP contribution in [0.3, 0.4) is 0 Å². The minimum Gasteiger partial charge on any atom is -0.300 e. The summed E-state index contributed by atoms with van der Waals surface area (Å²) in [5.41, 5.74) is 1.08. The van der Waals surface area contributed by atoms with E-state index in [0.29, 0.717) is 18.0 Å². The third-order valence-electron chi connectivity index (χ3n) is 5.90. The predicted octanol–water partition coefficient (Wildman–Crippen LogP) is 2.51. The molecule has 4 rings (SSSR count). The zero-order valence-corrected chi connectivity index (χ0v) is 15.1. The first-order chi connectivity index (χ1) is 11.5. The fourth-order valence-corrected chi connectivity index (χ4v) is 5.87. The van der Waals surface area contributed by atoms with Crippen LogP contribution in [0.1, 0.15) is 18.4 Å². The summed E-state index contributed by atoms with van der Waals surface area (Å²) in [5, 5.41) is 0. The van der Waals surface area contributed by atoms with Gasteiger partial charge in [-0.15, -0.1) is 0 Å². The SMILES string of the molecule is Cc1ccc(S(=O)(=O)N2CCN(C[C@H]3C[C@@H]4C=C[C@H]3C4)CC2)cc1.